The van der Waals surface area contributed by atoms with Gasteiger partial charge in [0.1, 0.15) is 0 Å². The molecule has 3 amide bonds. The second kappa shape index (κ2) is 10.6. The molecule has 2 aliphatic heterocycles. The topological polar surface area (TPSA) is 60.9 Å². The van der Waals surface area contributed by atoms with E-state index in [1.807, 2.05) is 52.3 Å². The molecule has 6 nitrogen and oxygen atoms in total. The Labute approximate surface area is 196 Å². The minimum absolute atomic E-state index is 0.0153. The summed E-state index contributed by atoms with van der Waals surface area (Å²) in [6, 6.07) is 18.1. The fourth-order valence-corrected chi connectivity index (χ4v) is 4.86. The van der Waals surface area contributed by atoms with Crippen LogP contribution in [0.25, 0.3) is 0 Å². The van der Waals surface area contributed by atoms with Crippen LogP contribution in [0.2, 0.25) is 0 Å². The average Bonchev–Trinajstić information content (AvgIpc) is 3.25. The molecule has 0 aliphatic carbocycles. The van der Waals surface area contributed by atoms with Gasteiger partial charge in [-0.25, -0.2) is 0 Å². The standard InChI is InChI=1S/C27H33N3O3/c1-2-22-12-6-7-13-24(22)30-20-23(19-26(30)32)27(33)29-17-15-28(16-18-29)25(31)14-8-11-21-9-4-3-5-10-21/h3-7,9-10,12-13,23H,2,8,11,14-20H2,1H3. The van der Waals surface area contributed by atoms with E-state index in [4.69, 9.17) is 0 Å². The van der Waals surface area contributed by atoms with Gasteiger partial charge < -0.3 is 14.7 Å². The maximum atomic E-state index is 13.1. The molecule has 2 aromatic carbocycles. The molecule has 2 saturated heterocycles. The largest absolute Gasteiger partial charge is 0.339 e. The average molecular weight is 448 g/mol. The number of hydrogen-bond acceptors (Lipinski definition) is 3. The maximum Gasteiger partial charge on any atom is 0.228 e. The van der Waals surface area contributed by atoms with Crippen molar-refractivity contribution in [3.05, 3.63) is 65.7 Å². The van der Waals surface area contributed by atoms with Crippen LogP contribution in [0, 0.1) is 5.92 Å². The van der Waals surface area contributed by atoms with Crippen LogP contribution in [-0.2, 0) is 27.2 Å². The van der Waals surface area contributed by atoms with Gasteiger partial charge in [-0.1, -0.05) is 55.5 Å². The molecular formula is C27H33N3O3. The van der Waals surface area contributed by atoms with Crippen LogP contribution in [0.3, 0.4) is 0 Å². The molecule has 2 heterocycles. The Morgan fingerprint density at radius 3 is 2.30 bits per heavy atom. The highest BCUT2D eigenvalue weighted by atomic mass is 16.2. The summed E-state index contributed by atoms with van der Waals surface area (Å²) in [6.45, 7) is 4.73. The summed E-state index contributed by atoms with van der Waals surface area (Å²) < 4.78 is 0. The van der Waals surface area contributed by atoms with Crippen molar-refractivity contribution in [2.75, 3.05) is 37.6 Å². The van der Waals surface area contributed by atoms with Crippen molar-refractivity contribution in [1.82, 2.24) is 9.80 Å². The van der Waals surface area contributed by atoms with Crippen molar-refractivity contribution >= 4 is 23.4 Å². The van der Waals surface area contributed by atoms with E-state index in [0.29, 0.717) is 39.1 Å². The summed E-state index contributed by atoms with van der Waals surface area (Å²) in [6.07, 6.45) is 3.38. The molecule has 0 N–H and O–H groups in total. The minimum Gasteiger partial charge on any atom is -0.339 e. The maximum absolute atomic E-state index is 13.1. The van der Waals surface area contributed by atoms with Gasteiger partial charge in [-0.15, -0.1) is 0 Å². The van der Waals surface area contributed by atoms with E-state index in [0.717, 1.165) is 30.5 Å². The second-order valence-corrected chi connectivity index (χ2v) is 8.93. The van der Waals surface area contributed by atoms with Gasteiger partial charge in [-0.2, -0.15) is 0 Å². The summed E-state index contributed by atoms with van der Waals surface area (Å²) in [5.74, 6) is -0.0931. The molecule has 0 aromatic heterocycles. The normalized spacial score (nSPS) is 18.6. The van der Waals surface area contributed by atoms with E-state index in [1.165, 1.54) is 5.56 Å². The molecule has 33 heavy (non-hydrogen) atoms. The number of rotatable bonds is 7. The number of hydrogen-bond donors (Lipinski definition) is 0. The van der Waals surface area contributed by atoms with Gasteiger partial charge in [0.15, 0.2) is 0 Å². The number of carbonyl (C=O) groups is 3. The number of aryl methyl sites for hydroxylation is 2. The fraction of sp³-hybridized carbons (Fsp3) is 0.444. The summed E-state index contributed by atoms with van der Waals surface area (Å²) >= 11 is 0. The van der Waals surface area contributed by atoms with Crippen LogP contribution in [0.5, 0.6) is 0 Å². The van der Waals surface area contributed by atoms with Gasteiger partial charge in [-0.05, 0) is 36.5 Å². The van der Waals surface area contributed by atoms with Crippen molar-refractivity contribution in [2.45, 2.75) is 39.0 Å². The van der Waals surface area contributed by atoms with Crippen LogP contribution < -0.4 is 4.90 Å². The first kappa shape index (κ1) is 23.0. The molecule has 1 atom stereocenters. The second-order valence-electron chi connectivity index (χ2n) is 8.93. The molecule has 0 spiro atoms. The molecule has 1 unspecified atom stereocenters. The monoisotopic (exact) mass is 447 g/mol. The molecule has 0 radical (unpaired) electrons. The predicted molar refractivity (Wildman–Crippen MR) is 129 cm³/mol. The van der Waals surface area contributed by atoms with Crippen LogP contribution >= 0.6 is 0 Å². The van der Waals surface area contributed by atoms with Gasteiger partial charge >= 0.3 is 0 Å². The Morgan fingerprint density at radius 2 is 1.58 bits per heavy atom. The first-order chi connectivity index (χ1) is 16.1. The molecule has 2 fully saturated rings. The van der Waals surface area contributed by atoms with Crippen molar-refractivity contribution in [3.8, 4) is 0 Å². The van der Waals surface area contributed by atoms with E-state index in [-0.39, 0.29) is 30.1 Å². The predicted octanol–water partition coefficient (Wildman–Crippen LogP) is 3.30. The quantitative estimate of drug-likeness (QED) is 0.654. The van der Waals surface area contributed by atoms with Crippen molar-refractivity contribution < 1.29 is 14.4 Å². The Kier molecular flexibility index (Phi) is 7.43. The zero-order valence-corrected chi connectivity index (χ0v) is 19.4. The third kappa shape index (κ3) is 5.44. The third-order valence-electron chi connectivity index (χ3n) is 6.78. The molecule has 174 valence electrons. The van der Waals surface area contributed by atoms with Crippen LogP contribution in [-0.4, -0.2) is 60.2 Å². The zero-order chi connectivity index (χ0) is 23.2. The molecule has 0 saturated carbocycles. The lowest BCUT2D eigenvalue weighted by Crippen LogP contribution is -2.52. The zero-order valence-electron chi connectivity index (χ0n) is 19.4. The molecule has 6 heteroatoms. The Balaban J connectivity index is 1.25. The smallest absolute Gasteiger partial charge is 0.228 e. The van der Waals surface area contributed by atoms with E-state index in [2.05, 4.69) is 19.1 Å². The lowest BCUT2D eigenvalue weighted by molar-refractivity contribution is -0.142. The van der Waals surface area contributed by atoms with Gasteiger partial charge in [-0.3, -0.25) is 14.4 Å². The Morgan fingerprint density at radius 1 is 0.909 bits per heavy atom. The third-order valence-corrected chi connectivity index (χ3v) is 6.78. The summed E-state index contributed by atoms with van der Waals surface area (Å²) in [5, 5.41) is 0. The first-order valence-electron chi connectivity index (χ1n) is 12.1. The lowest BCUT2D eigenvalue weighted by Gasteiger charge is -2.36. The molecule has 0 bridgehead atoms. The molecular weight excluding hydrogens is 414 g/mol. The number of piperazine rings is 1. The minimum atomic E-state index is -0.310. The number of anilines is 1. The highest BCUT2D eigenvalue weighted by Crippen LogP contribution is 2.29. The van der Waals surface area contributed by atoms with Crippen LogP contribution in [0.1, 0.15) is 37.3 Å². The Hall–Kier alpha value is -3.15. The molecule has 2 aliphatic rings. The van der Waals surface area contributed by atoms with E-state index >= 15 is 0 Å². The van der Waals surface area contributed by atoms with Gasteiger partial charge in [0, 0.05) is 51.3 Å². The number of benzene rings is 2. The highest BCUT2D eigenvalue weighted by molar-refractivity contribution is 6.00. The number of nitrogens with zero attached hydrogens (tertiary/aromatic N) is 3. The van der Waals surface area contributed by atoms with Gasteiger partial charge in [0.2, 0.25) is 17.7 Å². The summed E-state index contributed by atoms with van der Waals surface area (Å²) in [7, 11) is 0. The number of para-hydroxylation sites is 1. The van der Waals surface area contributed by atoms with Crippen molar-refractivity contribution in [2.24, 2.45) is 5.92 Å². The van der Waals surface area contributed by atoms with Gasteiger partial charge in [0.05, 0.1) is 5.92 Å². The number of carbonyl (C=O) groups excluding carboxylic acids is 3. The summed E-state index contributed by atoms with van der Waals surface area (Å²) in [5.41, 5.74) is 3.30. The molecule has 4 rings (SSSR count). The first-order valence-corrected chi connectivity index (χ1v) is 12.1. The van der Waals surface area contributed by atoms with E-state index in [1.54, 1.807) is 4.90 Å². The van der Waals surface area contributed by atoms with Crippen LogP contribution in [0.4, 0.5) is 5.69 Å². The van der Waals surface area contributed by atoms with Crippen molar-refractivity contribution in [1.29, 1.82) is 0 Å². The fourth-order valence-electron chi connectivity index (χ4n) is 4.86. The Bertz CT molecular complexity index is 983. The van der Waals surface area contributed by atoms with Crippen LogP contribution in [0.15, 0.2) is 54.6 Å². The highest BCUT2D eigenvalue weighted by Gasteiger charge is 2.38. The van der Waals surface area contributed by atoms with E-state index in [9.17, 15) is 14.4 Å². The van der Waals surface area contributed by atoms with E-state index < -0.39 is 0 Å². The number of amides is 3. The molecule has 2 aromatic rings. The lowest BCUT2D eigenvalue weighted by atomic mass is 10.1. The SMILES string of the molecule is CCc1ccccc1N1CC(C(=O)N2CCN(C(=O)CCCc3ccccc3)CC2)CC1=O. The summed E-state index contributed by atoms with van der Waals surface area (Å²) in [4.78, 5) is 43.9. The van der Waals surface area contributed by atoms with Crippen molar-refractivity contribution in [3.63, 3.8) is 0 Å². The van der Waals surface area contributed by atoms with Gasteiger partial charge in [0.25, 0.3) is 0 Å².